The summed E-state index contributed by atoms with van der Waals surface area (Å²) in [4.78, 5) is 24.0. The Kier molecular flexibility index (Phi) is 2.64. The van der Waals surface area contributed by atoms with Crippen LogP contribution in [0.4, 0.5) is 10.5 Å². The normalized spacial score (nSPS) is 15.9. The number of carbonyl (C=O) groups excluding carboxylic acids is 2. The number of anilines is 1. The zero-order chi connectivity index (χ0) is 10.8. The Hall–Kier alpha value is -1.49. The molecule has 0 aliphatic carbocycles. The van der Waals surface area contributed by atoms with Gasteiger partial charge in [0.2, 0.25) is 5.91 Å². The first-order valence-electron chi connectivity index (χ1n) is 4.36. The van der Waals surface area contributed by atoms with Crippen LogP contribution in [-0.2, 0) is 4.79 Å². The van der Waals surface area contributed by atoms with Crippen LogP contribution in [0.1, 0.15) is 0 Å². The van der Waals surface area contributed by atoms with E-state index < -0.39 is 0 Å². The van der Waals surface area contributed by atoms with E-state index in [0.717, 1.165) is 11.8 Å². The molecule has 0 spiro atoms. The molecule has 2 amide bonds. The SMILES string of the molecule is COc1cccc(N2C(=O)CSC2=O)c1. The molecular weight excluding hydrogens is 214 g/mol. The predicted octanol–water partition coefficient (Wildman–Crippen LogP) is 1.89. The fourth-order valence-electron chi connectivity index (χ4n) is 1.35. The topological polar surface area (TPSA) is 46.6 Å². The third-order valence-corrected chi connectivity index (χ3v) is 2.88. The van der Waals surface area contributed by atoms with Crippen molar-refractivity contribution in [3.63, 3.8) is 0 Å². The van der Waals surface area contributed by atoms with Gasteiger partial charge in [-0.15, -0.1) is 0 Å². The number of thioether (sulfide) groups is 1. The van der Waals surface area contributed by atoms with Crippen LogP contribution < -0.4 is 9.64 Å². The van der Waals surface area contributed by atoms with Gasteiger partial charge in [-0.05, 0) is 12.1 Å². The molecule has 1 fully saturated rings. The molecule has 78 valence electrons. The van der Waals surface area contributed by atoms with E-state index in [4.69, 9.17) is 4.74 Å². The summed E-state index contributed by atoms with van der Waals surface area (Å²) in [6.07, 6.45) is 0. The quantitative estimate of drug-likeness (QED) is 0.768. The van der Waals surface area contributed by atoms with Crippen LogP contribution in [0.25, 0.3) is 0 Å². The van der Waals surface area contributed by atoms with Gasteiger partial charge in [-0.25, -0.2) is 4.90 Å². The third kappa shape index (κ3) is 1.83. The van der Waals surface area contributed by atoms with Crippen molar-refractivity contribution >= 4 is 28.6 Å². The van der Waals surface area contributed by atoms with Crippen molar-refractivity contribution in [1.29, 1.82) is 0 Å². The Balaban J connectivity index is 2.36. The van der Waals surface area contributed by atoms with Crippen LogP contribution in [0.3, 0.4) is 0 Å². The number of ether oxygens (including phenoxy) is 1. The minimum absolute atomic E-state index is 0.182. The molecule has 0 N–H and O–H groups in total. The van der Waals surface area contributed by atoms with Crippen molar-refractivity contribution in [1.82, 2.24) is 0 Å². The van der Waals surface area contributed by atoms with Gasteiger partial charge in [0.15, 0.2) is 0 Å². The minimum Gasteiger partial charge on any atom is -0.497 e. The summed E-state index contributed by atoms with van der Waals surface area (Å²) in [7, 11) is 1.54. The van der Waals surface area contributed by atoms with Gasteiger partial charge < -0.3 is 4.74 Å². The smallest absolute Gasteiger partial charge is 0.293 e. The van der Waals surface area contributed by atoms with E-state index >= 15 is 0 Å². The molecule has 15 heavy (non-hydrogen) atoms. The van der Waals surface area contributed by atoms with Crippen LogP contribution >= 0.6 is 11.8 Å². The average Bonchev–Trinajstić information content (AvgIpc) is 2.59. The van der Waals surface area contributed by atoms with Gasteiger partial charge in [-0.3, -0.25) is 9.59 Å². The van der Waals surface area contributed by atoms with Crippen molar-refractivity contribution in [2.45, 2.75) is 0 Å². The molecule has 1 aromatic carbocycles. The maximum Gasteiger partial charge on any atom is 0.293 e. The Morgan fingerprint density at radius 3 is 2.80 bits per heavy atom. The molecule has 5 heteroatoms. The van der Waals surface area contributed by atoms with Gasteiger partial charge in [0, 0.05) is 6.07 Å². The van der Waals surface area contributed by atoms with Crippen molar-refractivity contribution in [3.05, 3.63) is 24.3 Å². The predicted molar refractivity (Wildman–Crippen MR) is 58.3 cm³/mol. The van der Waals surface area contributed by atoms with Crippen molar-refractivity contribution in [2.75, 3.05) is 17.8 Å². The zero-order valence-corrected chi connectivity index (χ0v) is 8.91. The number of imide groups is 1. The van der Waals surface area contributed by atoms with Gasteiger partial charge in [0.1, 0.15) is 5.75 Å². The number of methoxy groups -OCH3 is 1. The summed E-state index contributed by atoms with van der Waals surface area (Å²) < 4.78 is 5.03. The van der Waals surface area contributed by atoms with Gasteiger partial charge >= 0.3 is 0 Å². The van der Waals surface area contributed by atoms with Crippen LogP contribution in [0.2, 0.25) is 0 Å². The third-order valence-electron chi connectivity index (χ3n) is 2.06. The maximum atomic E-state index is 11.4. The van der Waals surface area contributed by atoms with E-state index in [2.05, 4.69) is 0 Å². The second-order valence-electron chi connectivity index (χ2n) is 2.99. The minimum atomic E-state index is -0.228. The second-order valence-corrected chi connectivity index (χ2v) is 3.91. The maximum absolute atomic E-state index is 11.4. The molecule has 4 nitrogen and oxygen atoms in total. The van der Waals surface area contributed by atoms with E-state index in [1.54, 1.807) is 31.4 Å². The standard InChI is InChI=1S/C10H9NO3S/c1-14-8-4-2-3-7(5-8)11-9(12)6-15-10(11)13/h2-5H,6H2,1H3. The molecule has 2 rings (SSSR count). The number of hydrogen-bond acceptors (Lipinski definition) is 4. The van der Waals surface area contributed by atoms with Crippen molar-refractivity contribution in [2.24, 2.45) is 0 Å². The zero-order valence-electron chi connectivity index (χ0n) is 8.10. The van der Waals surface area contributed by atoms with E-state index in [1.165, 1.54) is 4.90 Å². The van der Waals surface area contributed by atoms with Crippen LogP contribution in [0.15, 0.2) is 24.3 Å². The number of amides is 2. The lowest BCUT2D eigenvalue weighted by molar-refractivity contribution is -0.115. The molecule has 0 bridgehead atoms. The Bertz CT molecular complexity index is 403. The highest BCUT2D eigenvalue weighted by atomic mass is 32.2. The van der Waals surface area contributed by atoms with Gasteiger partial charge in [-0.1, -0.05) is 17.8 Å². The fourth-order valence-corrected chi connectivity index (χ4v) is 2.07. The Labute approximate surface area is 91.2 Å². The van der Waals surface area contributed by atoms with E-state index in [9.17, 15) is 9.59 Å². The summed E-state index contributed by atoms with van der Waals surface area (Å²) in [6, 6.07) is 6.89. The summed E-state index contributed by atoms with van der Waals surface area (Å²) in [5.74, 6) is 0.666. The first-order chi connectivity index (χ1) is 7.22. The number of benzene rings is 1. The highest BCUT2D eigenvalue weighted by molar-refractivity contribution is 8.15. The van der Waals surface area contributed by atoms with E-state index in [1.807, 2.05) is 0 Å². The molecule has 1 aliphatic rings. The largest absolute Gasteiger partial charge is 0.497 e. The van der Waals surface area contributed by atoms with Crippen LogP contribution in [0, 0.1) is 0 Å². The number of hydrogen-bond donors (Lipinski definition) is 0. The molecular formula is C10H9NO3S. The molecule has 1 heterocycles. The molecule has 1 saturated heterocycles. The van der Waals surface area contributed by atoms with E-state index in [0.29, 0.717) is 11.4 Å². The highest BCUT2D eigenvalue weighted by Crippen LogP contribution is 2.28. The van der Waals surface area contributed by atoms with Gasteiger partial charge in [-0.2, -0.15) is 0 Å². The highest BCUT2D eigenvalue weighted by Gasteiger charge is 2.31. The second kappa shape index (κ2) is 3.94. The lowest BCUT2D eigenvalue weighted by Gasteiger charge is -2.13. The first-order valence-corrected chi connectivity index (χ1v) is 5.34. The summed E-state index contributed by atoms with van der Waals surface area (Å²) in [5.41, 5.74) is 0.564. The molecule has 0 unspecified atom stereocenters. The summed E-state index contributed by atoms with van der Waals surface area (Å²) >= 11 is 1.02. The summed E-state index contributed by atoms with van der Waals surface area (Å²) in [5, 5.41) is -0.228. The lowest BCUT2D eigenvalue weighted by atomic mass is 10.3. The average molecular weight is 223 g/mol. The molecule has 0 atom stereocenters. The monoisotopic (exact) mass is 223 g/mol. The first kappa shape index (κ1) is 10.0. The lowest BCUT2D eigenvalue weighted by Crippen LogP contribution is -2.27. The van der Waals surface area contributed by atoms with Gasteiger partial charge in [0.25, 0.3) is 5.24 Å². The van der Waals surface area contributed by atoms with E-state index in [-0.39, 0.29) is 16.9 Å². The van der Waals surface area contributed by atoms with Gasteiger partial charge in [0.05, 0.1) is 18.6 Å². The number of nitrogens with zero attached hydrogens (tertiary/aromatic N) is 1. The Morgan fingerprint density at radius 2 is 2.20 bits per heavy atom. The molecule has 1 aromatic rings. The Morgan fingerprint density at radius 1 is 1.40 bits per heavy atom. The number of carbonyl (C=O) groups is 2. The molecule has 0 radical (unpaired) electrons. The molecule has 0 aromatic heterocycles. The summed E-state index contributed by atoms with van der Waals surface area (Å²) in [6.45, 7) is 0. The number of rotatable bonds is 2. The van der Waals surface area contributed by atoms with Crippen molar-refractivity contribution < 1.29 is 14.3 Å². The van der Waals surface area contributed by atoms with Crippen molar-refractivity contribution in [3.8, 4) is 5.75 Å². The molecule has 1 aliphatic heterocycles. The fraction of sp³-hybridized carbons (Fsp3) is 0.200. The molecule has 0 saturated carbocycles. The van der Waals surface area contributed by atoms with Crippen LogP contribution in [0.5, 0.6) is 5.75 Å². The van der Waals surface area contributed by atoms with Crippen LogP contribution in [-0.4, -0.2) is 24.0 Å².